The van der Waals surface area contributed by atoms with Gasteiger partial charge in [0.15, 0.2) is 5.82 Å². The van der Waals surface area contributed by atoms with Gasteiger partial charge < -0.3 is 26.0 Å². The van der Waals surface area contributed by atoms with E-state index in [1.807, 2.05) is 13.8 Å². The lowest BCUT2D eigenvalue weighted by Gasteiger charge is -2.44. The van der Waals surface area contributed by atoms with Crippen molar-refractivity contribution in [3.8, 4) is 0 Å². The lowest BCUT2D eigenvalue weighted by atomic mass is 9.95. The van der Waals surface area contributed by atoms with E-state index >= 15 is 0 Å². The first kappa shape index (κ1) is 27.0. The summed E-state index contributed by atoms with van der Waals surface area (Å²) in [7, 11) is 0. The van der Waals surface area contributed by atoms with Gasteiger partial charge in [0, 0.05) is 9.62 Å². The van der Waals surface area contributed by atoms with E-state index in [9.17, 15) is 19.2 Å². The molecular formula is C22H30N8O5S2. The molecule has 3 amide bonds. The third kappa shape index (κ3) is 5.33. The van der Waals surface area contributed by atoms with Crippen molar-refractivity contribution in [2.24, 2.45) is 11.1 Å². The summed E-state index contributed by atoms with van der Waals surface area (Å²) in [6, 6.07) is 1.28. The molecule has 15 heteroatoms. The molecule has 200 valence electrons. The first-order chi connectivity index (χ1) is 17.3. The van der Waals surface area contributed by atoms with E-state index in [1.54, 1.807) is 43.2 Å². The Bertz CT molecular complexity index is 1190. The van der Waals surface area contributed by atoms with E-state index in [2.05, 4.69) is 26.0 Å². The van der Waals surface area contributed by atoms with Gasteiger partial charge in [0.25, 0.3) is 0 Å². The van der Waals surface area contributed by atoms with E-state index in [-0.39, 0.29) is 24.6 Å². The van der Waals surface area contributed by atoms with Crippen molar-refractivity contribution in [1.82, 2.24) is 35.7 Å². The minimum absolute atomic E-state index is 0.196. The highest BCUT2D eigenvalue weighted by Gasteiger charge is 2.63. The summed E-state index contributed by atoms with van der Waals surface area (Å²) >= 11 is 2.83. The number of nitrogens with zero attached hydrogens (tertiary/aromatic N) is 5. The van der Waals surface area contributed by atoms with Crippen molar-refractivity contribution in [3.05, 3.63) is 28.2 Å². The number of β-lactam (4-membered cyclic amide) rings is 1. The minimum atomic E-state index is -0.953. The predicted molar refractivity (Wildman–Crippen MR) is 135 cm³/mol. The van der Waals surface area contributed by atoms with Gasteiger partial charge in [-0.1, -0.05) is 6.07 Å². The second-order valence-corrected chi connectivity index (χ2v) is 13.0. The summed E-state index contributed by atoms with van der Waals surface area (Å²) in [5.74, 6) is -1.34. The molecule has 4 N–H and O–H groups in total. The Labute approximate surface area is 221 Å². The van der Waals surface area contributed by atoms with Gasteiger partial charge >= 0.3 is 5.97 Å². The third-order valence-corrected chi connectivity index (χ3v) is 8.46. The van der Waals surface area contributed by atoms with Crippen LogP contribution in [0, 0.1) is 5.41 Å². The standard InChI is InChI=1S/C22H30N8O5S2/c1-21(2,3)20(34)35-10-29-27-16(26-28-29)15-22(4,5)37-19-14(18(33)30(15)19)25-17(32)13(24-12(31)9-23)11-7-6-8-36-11/h6-8,13-15,19H,9-10,23H2,1-5H3,(H,24,31)(H,25,32)/t13?,14?,15?,19-/m0/s1. The van der Waals surface area contributed by atoms with Crippen LogP contribution in [0.2, 0.25) is 0 Å². The van der Waals surface area contributed by atoms with Gasteiger partial charge in [-0.25, -0.2) is 0 Å². The summed E-state index contributed by atoms with van der Waals surface area (Å²) in [5.41, 5.74) is 4.74. The second-order valence-electron chi connectivity index (χ2n) is 10.3. The highest BCUT2D eigenvalue weighted by Crippen LogP contribution is 2.56. The highest BCUT2D eigenvalue weighted by atomic mass is 32.2. The number of thioether (sulfide) groups is 1. The molecule has 13 nitrogen and oxygen atoms in total. The number of rotatable bonds is 8. The number of fused-ring (bicyclic) bond motifs is 1. The Morgan fingerprint density at radius 3 is 2.65 bits per heavy atom. The van der Waals surface area contributed by atoms with Gasteiger partial charge in [-0.3, -0.25) is 19.2 Å². The summed E-state index contributed by atoms with van der Waals surface area (Å²) in [4.78, 5) is 53.7. The molecule has 4 rings (SSSR count). The number of thiophene rings is 1. The lowest BCUT2D eigenvalue weighted by Crippen LogP contribution is -2.68. The van der Waals surface area contributed by atoms with Crippen LogP contribution in [0.15, 0.2) is 17.5 Å². The van der Waals surface area contributed by atoms with Crippen molar-refractivity contribution in [3.63, 3.8) is 0 Å². The van der Waals surface area contributed by atoms with Crippen LogP contribution in [0.5, 0.6) is 0 Å². The quantitative estimate of drug-likeness (QED) is 0.307. The maximum atomic E-state index is 13.2. The largest absolute Gasteiger partial charge is 0.440 e. The Balaban J connectivity index is 1.45. The number of hydrogen-bond donors (Lipinski definition) is 3. The van der Waals surface area contributed by atoms with Crippen LogP contribution in [0.25, 0.3) is 0 Å². The molecule has 2 aromatic heterocycles. The molecular weight excluding hydrogens is 520 g/mol. The van der Waals surface area contributed by atoms with Gasteiger partial charge in [-0.2, -0.15) is 0 Å². The van der Waals surface area contributed by atoms with Crippen LogP contribution < -0.4 is 16.4 Å². The van der Waals surface area contributed by atoms with Crippen LogP contribution in [-0.4, -0.2) is 71.5 Å². The molecule has 0 saturated carbocycles. The van der Waals surface area contributed by atoms with Gasteiger partial charge in [0.2, 0.25) is 24.5 Å². The van der Waals surface area contributed by atoms with Crippen LogP contribution in [0.3, 0.4) is 0 Å². The number of ether oxygens (including phenoxy) is 1. The molecule has 3 unspecified atom stereocenters. The fraction of sp³-hybridized carbons (Fsp3) is 0.591. The smallest absolute Gasteiger partial charge is 0.313 e. The van der Waals surface area contributed by atoms with E-state index in [4.69, 9.17) is 10.5 Å². The van der Waals surface area contributed by atoms with Crippen molar-refractivity contribution < 1.29 is 23.9 Å². The zero-order chi connectivity index (χ0) is 27.1. The first-order valence-electron chi connectivity index (χ1n) is 11.6. The fourth-order valence-corrected chi connectivity index (χ4v) is 6.50. The average Bonchev–Trinajstić information content (AvgIpc) is 3.57. The Morgan fingerprint density at radius 2 is 2.03 bits per heavy atom. The Hall–Kier alpha value is -3.04. The molecule has 0 aromatic carbocycles. The maximum Gasteiger partial charge on any atom is 0.313 e. The third-order valence-electron chi connectivity index (χ3n) is 5.96. The summed E-state index contributed by atoms with van der Waals surface area (Å²) in [5, 5.41) is 19.3. The van der Waals surface area contributed by atoms with Crippen molar-refractivity contribution >= 4 is 46.8 Å². The van der Waals surface area contributed by atoms with E-state index in [1.165, 1.54) is 27.9 Å². The average molecular weight is 551 g/mol. The number of carbonyl (C=O) groups is 4. The molecule has 4 heterocycles. The number of tetrazole rings is 1. The molecule has 2 aliphatic rings. The van der Waals surface area contributed by atoms with Crippen LogP contribution in [-0.2, 0) is 30.6 Å². The number of aromatic nitrogens is 4. The molecule has 0 radical (unpaired) electrons. The molecule has 0 bridgehead atoms. The summed E-state index contributed by atoms with van der Waals surface area (Å²) in [6.45, 7) is 8.70. The lowest BCUT2D eigenvalue weighted by molar-refractivity contribution is -0.158. The molecule has 0 aliphatic carbocycles. The molecule has 4 atom stereocenters. The number of hydrogen-bond acceptors (Lipinski definition) is 11. The van der Waals surface area contributed by atoms with Gasteiger partial charge in [-0.05, 0) is 51.3 Å². The Kier molecular flexibility index (Phi) is 7.32. The molecule has 2 aromatic rings. The second kappa shape index (κ2) is 10.0. The molecule has 2 fully saturated rings. The zero-order valence-electron chi connectivity index (χ0n) is 21.1. The monoisotopic (exact) mass is 550 g/mol. The maximum absolute atomic E-state index is 13.2. The predicted octanol–water partition coefficient (Wildman–Crippen LogP) is 0.317. The fourth-order valence-electron chi connectivity index (χ4n) is 4.09. The molecule has 37 heavy (non-hydrogen) atoms. The number of carbonyl (C=O) groups excluding carboxylic acids is 4. The normalized spacial score (nSPS) is 23.1. The van der Waals surface area contributed by atoms with Crippen LogP contribution >= 0.6 is 23.1 Å². The highest BCUT2D eigenvalue weighted by molar-refractivity contribution is 8.01. The van der Waals surface area contributed by atoms with Crippen molar-refractivity contribution in [2.75, 3.05) is 6.54 Å². The summed E-state index contributed by atoms with van der Waals surface area (Å²) < 4.78 is 4.75. The zero-order valence-corrected chi connectivity index (χ0v) is 22.8. The van der Waals surface area contributed by atoms with Crippen molar-refractivity contribution in [1.29, 1.82) is 0 Å². The SMILES string of the molecule is CC(C)(C)C(=O)OCn1nnc(C2N3C(=O)C(NC(=O)C(NC(=O)CN)c4cccs4)[C@@H]3SC2(C)C)n1. The first-order valence-corrected chi connectivity index (χ1v) is 13.4. The summed E-state index contributed by atoms with van der Waals surface area (Å²) in [6.07, 6.45) is 0. The topological polar surface area (TPSA) is 174 Å². The van der Waals surface area contributed by atoms with Crippen LogP contribution in [0.1, 0.15) is 57.4 Å². The van der Waals surface area contributed by atoms with E-state index < -0.39 is 46.1 Å². The molecule has 2 saturated heterocycles. The van der Waals surface area contributed by atoms with E-state index in [0.717, 1.165) is 0 Å². The molecule has 2 aliphatic heterocycles. The van der Waals surface area contributed by atoms with Crippen LogP contribution in [0.4, 0.5) is 0 Å². The minimum Gasteiger partial charge on any atom is -0.440 e. The number of esters is 1. The van der Waals surface area contributed by atoms with Gasteiger partial charge in [0.1, 0.15) is 23.5 Å². The number of nitrogens with two attached hydrogens (primary N) is 1. The number of amides is 3. The van der Waals surface area contributed by atoms with Gasteiger partial charge in [0.05, 0.1) is 12.0 Å². The van der Waals surface area contributed by atoms with E-state index in [0.29, 0.717) is 10.7 Å². The number of nitrogens with one attached hydrogen (secondary N) is 2. The Morgan fingerprint density at radius 1 is 1.30 bits per heavy atom. The van der Waals surface area contributed by atoms with Crippen molar-refractivity contribution in [2.45, 2.75) is 69.6 Å². The molecule has 0 spiro atoms. The van der Waals surface area contributed by atoms with Gasteiger partial charge in [-0.15, -0.1) is 38.1 Å².